The predicted molar refractivity (Wildman–Crippen MR) is 78.9 cm³/mol. The highest BCUT2D eigenvalue weighted by molar-refractivity contribution is 7.89. The van der Waals surface area contributed by atoms with Gasteiger partial charge in [-0.05, 0) is 12.5 Å². The van der Waals surface area contributed by atoms with Gasteiger partial charge in [0.05, 0.1) is 6.54 Å². The minimum absolute atomic E-state index is 0.0546. The first-order valence-electron chi connectivity index (χ1n) is 5.89. The Hall–Kier alpha value is -1.27. The third kappa shape index (κ3) is 5.79. The number of rotatable bonds is 6. The summed E-state index contributed by atoms with van der Waals surface area (Å²) in [7, 11) is -4.54. The van der Waals surface area contributed by atoms with Crippen molar-refractivity contribution >= 4 is 20.8 Å². The molecule has 20 heavy (non-hydrogen) atoms. The highest BCUT2D eigenvalue weighted by Gasteiger charge is 2.14. The van der Waals surface area contributed by atoms with Crippen LogP contribution < -0.4 is 10.5 Å². The number of hydrogen-bond donors (Lipinski definition) is 2. The molecule has 1 heterocycles. The van der Waals surface area contributed by atoms with E-state index < -0.39 is 20.8 Å². The van der Waals surface area contributed by atoms with Crippen molar-refractivity contribution in [3.05, 3.63) is 24.0 Å². The normalized spacial score (nSPS) is 12.5. The van der Waals surface area contributed by atoms with E-state index in [2.05, 4.69) is 21.5 Å². The smallest absolute Gasteiger partial charge is 0.242 e. The Labute approximate surface area is 121 Å². The molecule has 0 radical (unpaired) electrons. The molecule has 1 atom stereocenters. The largest absolute Gasteiger partial charge is 0.320 e. The second kappa shape index (κ2) is 8.11. The van der Waals surface area contributed by atoms with Gasteiger partial charge in [0.1, 0.15) is 4.90 Å². The summed E-state index contributed by atoms with van der Waals surface area (Å²) in [6.45, 7) is 0.435. The fraction of sp³-hybridized carbons (Fsp3) is 0.417. The Morgan fingerprint density at radius 3 is 2.85 bits per heavy atom. The molecule has 0 bridgehead atoms. The lowest BCUT2D eigenvalue weighted by atomic mass is 10.3. The first kappa shape index (κ1) is 16.8. The number of hydrogen-bond acceptors (Lipinski definition) is 5. The molecule has 1 aromatic heterocycles. The molecule has 0 saturated heterocycles. The molecule has 0 aliphatic carbocycles. The lowest BCUT2D eigenvalue weighted by Crippen LogP contribution is -2.25. The summed E-state index contributed by atoms with van der Waals surface area (Å²) in [5, 5.41) is 0. The van der Waals surface area contributed by atoms with E-state index in [1.54, 1.807) is 6.26 Å². The van der Waals surface area contributed by atoms with Crippen LogP contribution in [0, 0.1) is 11.8 Å². The van der Waals surface area contributed by atoms with E-state index in [1.165, 1.54) is 18.5 Å². The number of aromatic nitrogens is 1. The van der Waals surface area contributed by atoms with Crippen molar-refractivity contribution in [2.75, 3.05) is 25.1 Å². The minimum Gasteiger partial charge on any atom is -0.320 e. The van der Waals surface area contributed by atoms with Crippen LogP contribution in [0.3, 0.4) is 0 Å². The molecular weight excluding hydrogens is 298 g/mol. The van der Waals surface area contributed by atoms with Gasteiger partial charge >= 0.3 is 0 Å². The summed E-state index contributed by atoms with van der Waals surface area (Å²) in [4.78, 5) is 3.90. The first-order valence-corrected chi connectivity index (χ1v) is 9.10. The Morgan fingerprint density at radius 1 is 1.45 bits per heavy atom. The number of nitrogens with zero attached hydrogens (tertiary/aromatic N) is 1. The van der Waals surface area contributed by atoms with Crippen molar-refractivity contribution in [2.45, 2.75) is 11.3 Å². The van der Waals surface area contributed by atoms with Crippen LogP contribution in [-0.4, -0.2) is 42.7 Å². The number of nitrogens with one attached hydrogen (secondary N) is 1. The SMILES string of the molecule is CS(=O)CCCNS(=O)(=O)c1cncc(C#CCN)c1. The molecule has 0 saturated carbocycles. The number of pyridine rings is 1. The van der Waals surface area contributed by atoms with Crippen molar-refractivity contribution in [3.8, 4) is 11.8 Å². The van der Waals surface area contributed by atoms with Crippen LogP contribution >= 0.6 is 0 Å². The maximum Gasteiger partial charge on any atom is 0.242 e. The zero-order valence-corrected chi connectivity index (χ0v) is 12.8. The van der Waals surface area contributed by atoms with E-state index in [1.807, 2.05) is 0 Å². The fourth-order valence-corrected chi connectivity index (χ4v) is 2.96. The highest BCUT2D eigenvalue weighted by Crippen LogP contribution is 2.08. The average molecular weight is 315 g/mol. The van der Waals surface area contributed by atoms with Crippen LogP contribution in [0.1, 0.15) is 12.0 Å². The van der Waals surface area contributed by atoms with Crippen molar-refractivity contribution in [3.63, 3.8) is 0 Å². The van der Waals surface area contributed by atoms with Crippen LogP contribution in [0.15, 0.2) is 23.4 Å². The summed E-state index contributed by atoms with van der Waals surface area (Å²) in [5.74, 6) is 5.83. The quantitative estimate of drug-likeness (QED) is 0.541. The van der Waals surface area contributed by atoms with Crippen LogP contribution in [-0.2, 0) is 20.8 Å². The summed E-state index contributed by atoms with van der Waals surface area (Å²) in [6, 6.07) is 1.44. The Morgan fingerprint density at radius 2 is 2.20 bits per heavy atom. The van der Waals surface area contributed by atoms with E-state index in [9.17, 15) is 12.6 Å². The molecule has 0 aliphatic rings. The van der Waals surface area contributed by atoms with Gasteiger partial charge in [0.2, 0.25) is 10.0 Å². The van der Waals surface area contributed by atoms with Crippen molar-refractivity contribution in [1.82, 2.24) is 9.71 Å². The summed E-state index contributed by atoms with van der Waals surface area (Å²) in [5.41, 5.74) is 5.75. The molecule has 0 aliphatic heterocycles. The average Bonchev–Trinajstić information content (AvgIpc) is 2.41. The van der Waals surface area contributed by atoms with E-state index in [0.717, 1.165) is 0 Å². The number of nitrogens with two attached hydrogens (primary N) is 1. The van der Waals surface area contributed by atoms with Crippen LogP contribution in [0.25, 0.3) is 0 Å². The van der Waals surface area contributed by atoms with Crippen LogP contribution in [0.5, 0.6) is 0 Å². The maximum atomic E-state index is 12.0. The van der Waals surface area contributed by atoms with Gasteiger partial charge in [0, 0.05) is 47.3 Å². The van der Waals surface area contributed by atoms with Gasteiger partial charge in [-0.1, -0.05) is 11.8 Å². The monoisotopic (exact) mass is 315 g/mol. The third-order valence-electron chi connectivity index (χ3n) is 2.26. The van der Waals surface area contributed by atoms with Crippen LogP contribution in [0.2, 0.25) is 0 Å². The van der Waals surface area contributed by atoms with E-state index in [0.29, 0.717) is 17.7 Å². The Balaban J connectivity index is 2.74. The van der Waals surface area contributed by atoms with Gasteiger partial charge < -0.3 is 5.73 Å². The zero-order chi connectivity index (χ0) is 15.0. The Kier molecular flexibility index (Phi) is 6.81. The molecule has 3 N–H and O–H groups in total. The standard InChI is InChI=1S/C12H17N3O3S2/c1-19(16)7-3-6-15-20(17,18)12-8-11(4-2-5-13)9-14-10-12/h8-10,15H,3,5-7,13H2,1H3. The van der Waals surface area contributed by atoms with Gasteiger partial charge in [-0.3, -0.25) is 9.19 Å². The van der Waals surface area contributed by atoms with Gasteiger partial charge in [-0.2, -0.15) is 0 Å². The van der Waals surface area contributed by atoms with Gasteiger partial charge in [-0.15, -0.1) is 0 Å². The molecule has 8 heteroatoms. The highest BCUT2D eigenvalue weighted by atomic mass is 32.2. The lowest BCUT2D eigenvalue weighted by molar-refractivity contribution is 0.580. The van der Waals surface area contributed by atoms with Crippen molar-refractivity contribution < 1.29 is 12.6 Å². The molecule has 0 amide bonds. The molecule has 1 rings (SSSR count). The lowest BCUT2D eigenvalue weighted by Gasteiger charge is -2.06. The Bertz CT molecular complexity index is 633. The zero-order valence-electron chi connectivity index (χ0n) is 11.1. The van der Waals surface area contributed by atoms with E-state index in [-0.39, 0.29) is 18.0 Å². The molecule has 0 aromatic carbocycles. The van der Waals surface area contributed by atoms with Crippen molar-refractivity contribution in [1.29, 1.82) is 0 Å². The van der Waals surface area contributed by atoms with Gasteiger partial charge in [-0.25, -0.2) is 13.1 Å². The first-order chi connectivity index (χ1) is 9.45. The molecule has 6 nitrogen and oxygen atoms in total. The fourth-order valence-electron chi connectivity index (χ4n) is 1.35. The third-order valence-corrected chi connectivity index (χ3v) is 4.55. The molecule has 110 valence electrons. The second-order valence-corrected chi connectivity index (χ2v) is 7.27. The van der Waals surface area contributed by atoms with E-state index in [4.69, 9.17) is 5.73 Å². The van der Waals surface area contributed by atoms with Crippen LogP contribution in [0.4, 0.5) is 0 Å². The minimum atomic E-state index is -3.62. The molecule has 0 fully saturated rings. The van der Waals surface area contributed by atoms with Crippen molar-refractivity contribution in [2.24, 2.45) is 5.73 Å². The molecule has 0 spiro atoms. The number of sulfonamides is 1. The molecular formula is C12H17N3O3S2. The van der Waals surface area contributed by atoms with E-state index >= 15 is 0 Å². The second-order valence-electron chi connectivity index (χ2n) is 3.94. The van der Waals surface area contributed by atoms with Gasteiger partial charge in [0.25, 0.3) is 0 Å². The topological polar surface area (TPSA) is 102 Å². The predicted octanol–water partition coefficient (Wildman–Crippen LogP) is -0.561. The van der Waals surface area contributed by atoms with Gasteiger partial charge in [0.15, 0.2) is 0 Å². The molecule has 1 aromatic rings. The summed E-state index contributed by atoms with van der Waals surface area (Å²) in [6.07, 6.45) is 4.83. The summed E-state index contributed by atoms with van der Waals surface area (Å²) < 4.78 is 37.3. The molecule has 1 unspecified atom stereocenters. The summed E-state index contributed by atoms with van der Waals surface area (Å²) >= 11 is 0. The maximum absolute atomic E-state index is 12.0.